The van der Waals surface area contributed by atoms with Gasteiger partial charge in [0.25, 0.3) is 0 Å². The van der Waals surface area contributed by atoms with Crippen molar-refractivity contribution < 1.29 is 4.74 Å². The molecule has 0 bridgehead atoms. The molecule has 3 N–H and O–H groups in total. The molecule has 1 atom stereocenters. The number of nitrogens with zero attached hydrogens (tertiary/aromatic N) is 2. The van der Waals surface area contributed by atoms with Gasteiger partial charge in [0.2, 0.25) is 0 Å². The van der Waals surface area contributed by atoms with Crippen molar-refractivity contribution in [3.63, 3.8) is 0 Å². The van der Waals surface area contributed by atoms with Gasteiger partial charge in [0.15, 0.2) is 5.96 Å². The molecule has 0 saturated carbocycles. The van der Waals surface area contributed by atoms with Crippen molar-refractivity contribution in [2.75, 3.05) is 33.4 Å². The van der Waals surface area contributed by atoms with Crippen molar-refractivity contribution in [3.05, 3.63) is 0 Å². The Kier molecular flexibility index (Phi) is 9.76. The van der Waals surface area contributed by atoms with Gasteiger partial charge >= 0.3 is 0 Å². The second-order valence-electron chi connectivity index (χ2n) is 4.85. The molecule has 0 radical (unpaired) electrons. The first-order chi connectivity index (χ1) is 8.13. The molecule has 1 aliphatic rings. The van der Waals surface area contributed by atoms with Crippen LogP contribution in [0.5, 0.6) is 0 Å². The van der Waals surface area contributed by atoms with Crippen LogP contribution >= 0.6 is 24.0 Å². The normalized spacial score (nSPS) is 21.1. The highest BCUT2D eigenvalue weighted by molar-refractivity contribution is 14.0. The van der Waals surface area contributed by atoms with Gasteiger partial charge in [0, 0.05) is 25.7 Å². The van der Waals surface area contributed by atoms with Gasteiger partial charge in [-0.1, -0.05) is 0 Å². The minimum absolute atomic E-state index is 0. The number of rotatable bonds is 6. The zero-order valence-electron chi connectivity index (χ0n) is 11.7. The fourth-order valence-corrected chi connectivity index (χ4v) is 2.15. The standard InChI is InChI=1S/C12H26N4O.HI/c1-10(2)15-12(13)14-9-11-5-4-6-16(11)7-8-17-3;/h10-11H,4-9H2,1-3H3,(H3,13,14,15);1H. The van der Waals surface area contributed by atoms with Crippen LogP contribution in [-0.2, 0) is 4.74 Å². The number of nitrogens with two attached hydrogens (primary N) is 1. The number of halogens is 1. The van der Waals surface area contributed by atoms with Crippen molar-refractivity contribution >= 4 is 29.9 Å². The van der Waals surface area contributed by atoms with Crippen LogP contribution in [-0.4, -0.2) is 56.3 Å². The molecule has 18 heavy (non-hydrogen) atoms. The van der Waals surface area contributed by atoms with E-state index in [0.29, 0.717) is 18.0 Å². The van der Waals surface area contributed by atoms with Crippen LogP contribution in [0.1, 0.15) is 26.7 Å². The number of likely N-dealkylation sites (tertiary alicyclic amines) is 1. The number of methoxy groups -OCH3 is 1. The lowest BCUT2D eigenvalue weighted by molar-refractivity contribution is 0.143. The molecule has 0 aromatic rings. The molecule has 0 aromatic carbocycles. The van der Waals surface area contributed by atoms with Gasteiger partial charge < -0.3 is 15.8 Å². The van der Waals surface area contributed by atoms with E-state index in [0.717, 1.165) is 26.2 Å². The predicted octanol–water partition coefficient (Wildman–Crippen LogP) is 1.03. The Hall–Kier alpha value is -0.0800. The topological polar surface area (TPSA) is 62.9 Å². The third-order valence-corrected chi connectivity index (χ3v) is 2.99. The van der Waals surface area contributed by atoms with E-state index in [2.05, 4.69) is 29.1 Å². The summed E-state index contributed by atoms with van der Waals surface area (Å²) < 4.78 is 5.12. The zero-order chi connectivity index (χ0) is 12.7. The Bertz CT molecular complexity index is 248. The molecule has 6 heteroatoms. The lowest BCUT2D eigenvalue weighted by Gasteiger charge is -2.22. The molecule has 0 aromatic heterocycles. The van der Waals surface area contributed by atoms with Gasteiger partial charge in [-0.3, -0.25) is 9.89 Å². The minimum Gasteiger partial charge on any atom is -0.383 e. The fraction of sp³-hybridized carbons (Fsp3) is 0.917. The summed E-state index contributed by atoms with van der Waals surface area (Å²) in [4.78, 5) is 6.85. The lowest BCUT2D eigenvalue weighted by Crippen LogP contribution is -2.39. The summed E-state index contributed by atoms with van der Waals surface area (Å²) in [6.45, 7) is 7.84. The molecule has 1 heterocycles. The first-order valence-electron chi connectivity index (χ1n) is 6.43. The number of hydrogen-bond acceptors (Lipinski definition) is 3. The van der Waals surface area contributed by atoms with Gasteiger partial charge in [-0.2, -0.15) is 0 Å². The Morgan fingerprint density at radius 3 is 2.89 bits per heavy atom. The van der Waals surface area contributed by atoms with Gasteiger partial charge in [-0.05, 0) is 33.2 Å². The van der Waals surface area contributed by atoms with Crippen LogP contribution in [0, 0.1) is 0 Å². The van der Waals surface area contributed by atoms with E-state index in [4.69, 9.17) is 10.5 Å². The van der Waals surface area contributed by atoms with Crippen LogP contribution < -0.4 is 11.1 Å². The maximum atomic E-state index is 5.79. The second-order valence-corrected chi connectivity index (χ2v) is 4.85. The summed E-state index contributed by atoms with van der Waals surface area (Å²) in [5, 5.41) is 3.11. The maximum Gasteiger partial charge on any atom is 0.188 e. The third kappa shape index (κ3) is 6.75. The van der Waals surface area contributed by atoms with E-state index in [1.165, 1.54) is 12.8 Å². The van der Waals surface area contributed by atoms with Gasteiger partial charge in [-0.15, -0.1) is 24.0 Å². The Balaban J connectivity index is 0.00000289. The smallest absolute Gasteiger partial charge is 0.188 e. The number of nitrogens with one attached hydrogen (secondary N) is 1. The van der Waals surface area contributed by atoms with Crippen LogP contribution in [0.15, 0.2) is 4.99 Å². The molecular formula is C12H27IN4O. The monoisotopic (exact) mass is 370 g/mol. The third-order valence-electron chi connectivity index (χ3n) is 2.99. The van der Waals surface area contributed by atoms with E-state index in [9.17, 15) is 0 Å². The predicted molar refractivity (Wildman–Crippen MR) is 86.6 cm³/mol. The lowest BCUT2D eigenvalue weighted by atomic mass is 10.2. The Labute approximate surface area is 128 Å². The molecular weight excluding hydrogens is 343 g/mol. The van der Waals surface area contributed by atoms with Crippen LogP contribution in [0.25, 0.3) is 0 Å². The molecule has 1 aliphatic heterocycles. The van der Waals surface area contributed by atoms with Crippen LogP contribution in [0.2, 0.25) is 0 Å². The van der Waals surface area contributed by atoms with E-state index in [-0.39, 0.29) is 24.0 Å². The van der Waals surface area contributed by atoms with Crippen LogP contribution in [0.3, 0.4) is 0 Å². The largest absolute Gasteiger partial charge is 0.383 e. The van der Waals surface area contributed by atoms with Gasteiger partial charge in [0.05, 0.1) is 13.2 Å². The van der Waals surface area contributed by atoms with E-state index >= 15 is 0 Å². The highest BCUT2D eigenvalue weighted by atomic mass is 127. The van der Waals surface area contributed by atoms with Crippen molar-refractivity contribution in [1.29, 1.82) is 0 Å². The molecule has 5 nitrogen and oxygen atoms in total. The molecule has 1 unspecified atom stereocenters. The van der Waals surface area contributed by atoms with E-state index < -0.39 is 0 Å². The highest BCUT2D eigenvalue weighted by Crippen LogP contribution is 2.16. The second kappa shape index (κ2) is 9.80. The first-order valence-corrected chi connectivity index (χ1v) is 6.43. The minimum atomic E-state index is 0. The van der Waals surface area contributed by atoms with E-state index in [1.54, 1.807) is 7.11 Å². The van der Waals surface area contributed by atoms with Gasteiger partial charge in [0.1, 0.15) is 0 Å². The van der Waals surface area contributed by atoms with Crippen LogP contribution in [0.4, 0.5) is 0 Å². The molecule has 1 fully saturated rings. The van der Waals surface area contributed by atoms with Crippen molar-refractivity contribution in [1.82, 2.24) is 10.2 Å². The average Bonchev–Trinajstić information content (AvgIpc) is 2.70. The van der Waals surface area contributed by atoms with E-state index in [1.807, 2.05) is 0 Å². The number of ether oxygens (including phenoxy) is 1. The SMILES string of the molecule is COCCN1CCCC1CN=C(N)NC(C)C.I. The van der Waals surface area contributed by atoms with Crippen molar-refractivity contribution in [3.8, 4) is 0 Å². The number of hydrogen-bond donors (Lipinski definition) is 2. The average molecular weight is 370 g/mol. The Morgan fingerprint density at radius 2 is 2.28 bits per heavy atom. The summed E-state index contributed by atoms with van der Waals surface area (Å²) in [7, 11) is 1.74. The van der Waals surface area contributed by atoms with Crippen molar-refractivity contribution in [2.24, 2.45) is 10.7 Å². The molecule has 1 rings (SSSR count). The zero-order valence-corrected chi connectivity index (χ0v) is 14.0. The fourth-order valence-electron chi connectivity index (χ4n) is 2.15. The summed E-state index contributed by atoms with van der Waals surface area (Å²) in [6.07, 6.45) is 2.46. The highest BCUT2D eigenvalue weighted by Gasteiger charge is 2.23. The molecule has 1 saturated heterocycles. The molecule has 0 spiro atoms. The maximum absolute atomic E-state index is 5.79. The summed E-state index contributed by atoms with van der Waals surface area (Å²) >= 11 is 0. The van der Waals surface area contributed by atoms with Gasteiger partial charge in [-0.25, -0.2) is 0 Å². The summed E-state index contributed by atoms with van der Waals surface area (Å²) in [5.41, 5.74) is 5.79. The first kappa shape index (κ1) is 17.9. The molecule has 0 amide bonds. The number of aliphatic imine (C=N–C) groups is 1. The Morgan fingerprint density at radius 1 is 1.56 bits per heavy atom. The summed E-state index contributed by atoms with van der Waals surface area (Å²) in [6, 6.07) is 0.865. The molecule has 0 aliphatic carbocycles. The van der Waals surface area contributed by atoms with Crippen molar-refractivity contribution in [2.45, 2.75) is 38.8 Å². The molecule has 108 valence electrons. The summed E-state index contributed by atoms with van der Waals surface area (Å²) in [5.74, 6) is 0.554. The number of guanidine groups is 1. The quantitative estimate of drug-likeness (QED) is 0.417.